The molecule has 3 fully saturated rings. The van der Waals surface area contributed by atoms with E-state index < -0.39 is 10.0 Å². The van der Waals surface area contributed by atoms with E-state index in [9.17, 15) is 18.3 Å². The average Bonchev–Trinajstić information content (AvgIpc) is 4.09. The van der Waals surface area contributed by atoms with E-state index in [1.54, 1.807) is 15.4 Å². The van der Waals surface area contributed by atoms with Crippen molar-refractivity contribution in [3.63, 3.8) is 0 Å². The molecule has 0 spiro atoms. The Kier molecular flexibility index (Phi) is 8.14. The standard InChI is InChI=1S/C39H40N6O5S/c46-24-33-29(2-1-3-36(33)45-18-19-50-37-20-27(26-5-6-26)7-10-31(37)39(45)47)30-12-13-40-38-32(30)21-35(42-38)34-11-4-25(22-41-34)23-43-14-16-44(17-15-43)51(48,49)28-8-9-28/h1-4,7,10-13,20-22,26,28,46H,5-6,8-9,14-19,23-24H2,(H,40,42). The van der Waals surface area contributed by atoms with Crippen molar-refractivity contribution in [3.8, 4) is 28.3 Å². The molecule has 0 bridgehead atoms. The molecule has 4 aliphatic rings. The Bertz CT molecular complexity index is 2240. The summed E-state index contributed by atoms with van der Waals surface area (Å²) in [4.78, 5) is 30.7. The highest BCUT2D eigenvalue weighted by atomic mass is 32.2. The van der Waals surface area contributed by atoms with Crippen molar-refractivity contribution in [2.75, 3.05) is 44.2 Å². The maximum absolute atomic E-state index is 13.9. The van der Waals surface area contributed by atoms with Gasteiger partial charge < -0.3 is 19.7 Å². The van der Waals surface area contributed by atoms with Crippen LogP contribution >= 0.6 is 0 Å². The van der Waals surface area contributed by atoms with Crippen LogP contribution in [0.25, 0.3) is 33.5 Å². The fourth-order valence-corrected chi connectivity index (χ4v) is 9.36. The number of aromatic amines is 1. The summed E-state index contributed by atoms with van der Waals surface area (Å²) in [6, 6.07) is 19.7. The quantitative estimate of drug-likeness (QED) is 0.211. The molecular formula is C39H40N6O5S. The molecule has 0 radical (unpaired) electrons. The molecule has 0 unspecified atom stereocenters. The molecule has 12 heteroatoms. The maximum atomic E-state index is 13.9. The lowest BCUT2D eigenvalue weighted by molar-refractivity contribution is 0.0989. The van der Waals surface area contributed by atoms with Gasteiger partial charge in [-0.2, -0.15) is 4.31 Å². The number of hydrogen-bond acceptors (Lipinski definition) is 8. The molecule has 2 aliphatic carbocycles. The third kappa shape index (κ3) is 6.09. The number of carbonyl (C=O) groups is 1. The number of piperazine rings is 1. The normalized spacial score (nSPS) is 18.8. The number of aliphatic hydroxyl groups excluding tert-OH is 1. The molecule has 1 saturated heterocycles. The largest absolute Gasteiger partial charge is 0.491 e. The first-order valence-corrected chi connectivity index (χ1v) is 19.3. The average molecular weight is 705 g/mol. The summed E-state index contributed by atoms with van der Waals surface area (Å²) < 4.78 is 33.0. The second kappa shape index (κ2) is 12.9. The Morgan fingerprint density at radius 3 is 2.47 bits per heavy atom. The van der Waals surface area contributed by atoms with Gasteiger partial charge in [0.05, 0.1) is 41.0 Å². The minimum absolute atomic E-state index is 0.140. The van der Waals surface area contributed by atoms with E-state index in [2.05, 4.69) is 20.9 Å². The smallest absolute Gasteiger partial charge is 0.262 e. The monoisotopic (exact) mass is 704 g/mol. The van der Waals surface area contributed by atoms with Crippen molar-refractivity contribution in [3.05, 3.63) is 95.3 Å². The molecule has 2 N–H and O–H groups in total. The Morgan fingerprint density at radius 1 is 0.882 bits per heavy atom. The van der Waals surface area contributed by atoms with Crippen LogP contribution in [0.1, 0.15) is 58.6 Å². The SMILES string of the molecule is O=C1c2ccc(C3CC3)cc2OCCN1c1cccc(-c2ccnc3[nH]c(-c4ccc(CN5CCN(S(=O)(=O)C6CC6)CC5)cn4)cc23)c1CO. The molecule has 262 valence electrons. The van der Waals surface area contributed by atoms with Gasteiger partial charge in [0, 0.05) is 56.1 Å². The number of benzene rings is 2. The minimum Gasteiger partial charge on any atom is -0.491 e. The van der Waals surface area contributed by atoms with Crippen LogP contribution in [-0.4, -0.2) is 88.2 Å². The first-order chi connectivity index (χ1) is 24.9. The summed E-state index contributed by atoms with van der Waals surface area (Å²) in [6.45, 7) is 3.66. The van der Waals surface area contributed by atoms with E-state index in [0.717, 1.165) is 46.3 Å². The number of nitrogens with zero attached hydrogens (tertiary/aromatic N) is 5. The van der Waals surface area contributed by atoms with E-state index in [1.165, 1.54) is 18.4 Å². The first kappa shape index (κ1) is 32.3. The third-order valence-electron chi connectivity index (χ3n) is 10.7. The van der Waals surface area contributed by atoms with Crippen LogP contribution in [0.15, 0.2) is 73.1 Å². The highest BCUT2D eigenvalue weighted by molar-refractivity contribution is 7.90. The molecule has 3 aromatic heterocycles. The van der Waals surface area contributed by atoms with Gasteiger partial charge >= 0.3 is 0 Å². The lowest BCUT2D eigenvalue weighted by Gasteiger charge is -2.34. The zero-order chi connectivity index (χ0) is 34.7. The van der Waals surface area contributed by atoms with E-state index in [-0.39, 0.29) is 17.8 Å². The van der Waals surface area contributed by atoms with Crippen LogP contribution in [0.2, 0.25) is 0 Å². The zero-order valence-corrected chi connectivity index (χ0v) is 29.1. The topological polar surface area (TPSA) is 132 Å². The molecule has 5 aromatic rings. The predicted octanol–water partition coefficient (Wildman–Crippen LogP) is 5.31. The second-order valence-corrected chi connectivity index (χ2v) is 16.3. The summed E-state index contributed by atoms with van der Waals surface area (Å²) in [5, 5.41) is 11.5. The van der Waals surface area contributed by atoms with E-state index in [1.807, 2.05) is 60.8 Å². The number of amides is 1. The second-order valence-electron chi connectivity index (χ2n) is 14.1. The lowest BCUT2D eigenvalue weighted by Crippen LogP contribution is -2.49. The Labute approximate surface area is 296 Å². The third-order valence-corrected chi connectivity index (χ3v) is 13.1. The van der Waals surface area contributed by atoms with Crippen molar-refractivity contribution in [1.82, 2.24) is 24.2 Å². The van der Waals surface area contributed by atoms with E-state index >= 15 is 0 Å². The Hall–Kier alpha value is -4.62. The van der Waals surface area contributed by atoms with Crippen LogP contribution < -0.4 is 9.64 Å². The summed E-state index contributed by atoms with van der Waals surface area (Å²) in [6.07, 6.45) is 7.56. The number of anilines is 1. The molecule has 1 amide bonds. The maximum Gasteiger partial charge on any atom is 0.262 e. The van der Waals surface area contributed by atoms with Gasteiger partial charge in [0.2, 0.25) is 10.0 Å². The molecule has 2 saturated carbocycles. The molecule has 5 heterocycles. The van der Waals surface area contributed by atoms with Gasteiger partial charge in [-0.1, -0.05) is 24.3 Å². The van der Waals surface area contributed by atoms with Crippen LogP contribution in [0.4, 0.5) is 5.69 Å². The highest BCUT2D eigenvalue weighted by Gasteiger charge is 2.41. The highest BCUT2D eigenvalue weighted by Crippen LogP contribution is 2.43. The summed E-state index contributed by atoms with van der Waals surface area (Å²) in [5.41, 5.74) is 8.15. The van der Waals surface area contributed by atoms with Crippen molar-refractivity contribution >= 4 is 32.7 Å². The fraction of sp³-hybridized carbons (Fsp3) is 0.359. The number of carbonyl (C=O) groups excluding carboxylic acids is 1. The van der Waals surface area contributed by atoms with Crippen LogP contribution in [0.3, 0.4) is 0 Å². The van der Waals surface area contributed by atoms with Gasteiger partial charge in [0.25, 0.3) is 5.91 Å². The first-order valence-electron chi connectivity index (χ1n) is 17.8. The van der Waals surface area contributed by atoms with Gasteiger partial charge in [0.15, 0.2) is 0 Å². The number of sulfonamides is 1. The summed E-state index contributed by atoms with van der Waals surface area (Å²) in [7, 11) is -3.13. The molecular weight excluding hydrogens is 665 g/mol. The van der Waals surface area contributed by atoms with Crippen LogP contribution in [-0.2, 0) is 23.2 Å². The number of H-pyrrole nitrogens is 1. The molecule has 9 rings (SSSR count). The van der Waals surface area contributed by atoms with Crippen molar-refractivity contribution in [1.29, 1.82) is 0 Å². The minimum atomic E-state index is -3.13. The van der Waals surface area contributed by atoms with Gasteiger partial charge in [-0.3, -0.25) is 14.7 Å². The van der Waals surface area contributed by atoms with Crippen LogP contribution in [0, 0.1) is 0 Å². The van der Waals surface area contributed by atoms with Gasteiger partial charge in [0.1, 0.15) is 18.0 Å². The zero-order valence-electron chi connectivity index (χ0n) is 28.3. The number of rotatable bonds is 9. The number of nitrogens with one attached hydrogen (secondary N) is 1. The molecule has 2 aliphatic heterocycles. The molecule has 51 heavy (non-hydrogen) atoms. The number of aliphatic hydroxyl groups is 1. The van der Waals surface area contributed by atoms with Gasteiger partial charge in [-0.15, -0.1) is 0 Å². The Balaban J connectivity index is 0.956. The summed E-state index contributed by atoms with van der Waals surface area (Å²) in [5.74, 6) is 1.05. The number of aromatic nitrogens is 3. The molecule has 11 nitrogen and oxygen atoms in total. The number of ether oxygens (including phenoxy) is 1. The predicted molar refractivity (Wildman–Crippen MR) is 195 cm³/mol. The summed E-state index contributed by atoms with van der Waals surface area (Å²) >= 11 is 0. The van der Waals surface area contributed by atoms with E-state index in [0.29, 0.717) is 80.0 Å². The van der Waals surface area contributed by atoms with Crippen molar-refractivity contribution in [2.45, 2.75) is 50.0 Å². The van der Waals surface area contributed by atoms with Gasteiger partial charge in [-0.05, 0) is 90.3 Å². The molecule has 0 atom stereocenters. The van der Waals surface area contributed by atoms with Crippen molar-refractivity contribution < 1.29 is 23.1 Å². The van der Waals surface area contributed by atoms with E-state index in [4.69, 9.17) is 9.72 Å². The van der Waals surface area contributed by atoms with Crippen molar-refractivity contribution in [2.24, 2.45) is 0 Å². The molecule has 2 aromatic carbocycles. The number of pyridine rings is 2. The number of hydrogen-bond donors (Lipinski definition) is 2. The Morgan fingerprint density at radius 2 is 1.73 bits per heavy atom. The number of fused-ring (bicyclic) bond motifs is 2. The lowest BCUT2D eigenvalue weighted by atomic mass is 9.96. The fourth-order valence-electron chi connectivity index (χ4n) is 7.53. The van der Waals surface area contributed by atoms with Crippen LogP contribution in [0.5, 0.6) is 5.75 Å². The van der Waals surface area contributed by atoms with Gasteiger partial charge in [-0.25, -0.2) is 13.4 Å².